The zero-order chi connectivity index (χ0) is 21.4. The molecule has 158 valence electrons. The highest BCUT2D eigenvalue weighted by molar-refractivity contribution is 5.98. The molecule has 2 aromatic heterocycles. The molecule has 1 spiro atoms. The third-order valence-electron chi connectivity index (χ3n) is 6.41. The summed E-state index contributed by atoms with van der Waals surface area (Å²) in [7, 11) is 0. The van der Waals surface area contributed by atoms with Crippen molar-refractivity contribution in [3.05, 3.63) is 66.2 Å². The number of ether oxygens (including phenoxy) is 1. The van der Waals surface area contributed by atoms with Crippen molar-refractivity contribution >= 4 is 5.91 Å². The van der Waals surface area contributed by atoms with Crippen molar-refractivity contribution in [1.29, 1.82) is 0 Å². The lowest BCUT2D eigenvalue weighted by Crippen LogP contribution is -2.32. The molecule has 7 heteroatoms. The van der Waals surface area contributed by atoms with Crippen LogP contribution in [0.5, 0.6) is 0 Å². The van der Waals surface area contributed by atoms with Gasteiger partial charge in [-0.1, -0.05) is 37.3 Å². The number of nitrogens with zero attached hydrogens (tertiary/aromatic N) is 3. The second kappa shape index (κ2) is 7.83. The molecule has 1 aliphatic heterocycles. The smallest absolute Gasteiger partial charge is 0.295 e. The summed E-state index contributed by atoms with van der Waals surface area (Å²) in [6.07, 6.45) is 7.12. The zero-order valence-corrected chi connectivity index (χ0v) is 17.3. The Labute approximate surface area is 180 Å². The summed E-state index contributed by atoms with van der Waals surface area (Å²) < 4.78 is 6.59. The molecular formula is C24H24N4O3. The van der Waals surface area contributed by atoms with Crippen molar-refractivity contribution in [3.8, 4) is 22.5 Å². The van der Waals surface area contributed by atoms with Gasteiger partial charge in [-0.2, -0.15) is 0 Å². The maximum absolute atomic E-state index is 12.5. The van der Waals surface area contributed by atoms with Gasteiger partial charge in [-0.3, -0.25) is 15.0 Å². The maximum Gasteiger partial charge on any atom is 0.295 e. The summed E-state index contributed by atoms with van der Waals surface area (Å²) in [5.74, 6) is -0.193. The monoisotopic (exact) mass is 416 g/mol. The second-order valence-corrected chi connectivity index (χ2v) is 8.35. The van der Waals surface area contributed by atoms with Crippen molar-refractivity contribution in [2.45, 2.75) is 44.3 Å². The van der Waals surface area contributed by atoms with Crippen molar-refractivity contribution < 1.29 is 14.7 Å². The lowest BCUT2D eigenvalue weighted by Gasteiger charge is -2.35. The maximum atomic E-state index is 12.5. The fraction of sp³-hybridized carbons (Fsp3) is 0.333. The van der Waals surface area contributed by atoms with Crippen LogP contribution in [0.3, 0.4) is 0 Å². The first kappa shape index (κ1) is 19.8. The molecule has 1 amide bonds. The molecule has 0 bridgehead atoms. The molecule has 3 aromatic rings. The number of hydrogen-bond donors (Lipinski definition) is 2. The SMILES string of the molecule is CC1CCC(c2nc(-c3cccnc3)c(C(=O)NO)nc2-c2ccccc2)OC12CC2. The number of hydroxylamine groups is 1. The molecule has 3 heterocycles. The highest BCUT2D eigenvalue weighted by Gasteiger charge is 2.53. The number of nitrogens with one attached hydrogen (secondary N) is 1. The summed E-state index contributed by atoms with van der Waals surface area (Å²) >= 11 is 0. The molecule has 5 rings (SSSR count). The van der Waals surface area contributed by atoms with Gasteiger partial charge in [-0.25, -0.2) is 15.4 Å². The molecule has 2 N–H and O–H groups in total. The average molecular weight is 416 g/mol. The molecule has 1 aromatic carbocycles. The summed E-state index contributed by atoms with van der Waals surface area (Å²) in [4.78, 5) is 26.3. The average Bonchev–Trinajstić information content (AvgIpc) is 3.61. The van der Waals surface area contributed by atoms with E-state index in [9.17, 15) is 10.0 Å². The van der Waals surface area contributed by atoms with Crippen LogP contribution in [0.4, 0.5) is 0 Å². The van der Waals surface area contributed by atoms with Crippen molar-refractivity contribution in [2.75, 3.05) is 0 Å². The molecule has 31 heavy (non-hydrogen) atoms. The van der Waals surface area contributed by atoms with Gasteiger partial charge in [0.2, 0.25) is 0 Å². The third-order valence-corrected chi connectivity index (χ3v) is 6.41. The Bertz CT molecular complexity index is 1100. The van der Waals surface area contributed by atoms with Crippen LogP contribution in [0.2, 0.25) is 0 Å². The fourth-order valence-electron chi connectivity index (χ4n) is 4.45. The normalized spacial score (nSPS) is 21.6. The van der Waals surface area contributed by atoms with Gasteiger partial charge in [0.25, 0.3) is 5.91 Å². The Balaban J connectivity index is 1.70. The zero-order valence-electron chi connectivity index (χ0n) is 17.3. The summed E-state index contributed by atoms with van der Waals surface area (Å²) in [5, 5.41) is 9.34. The van der Waals surface area contributed by atoms with Crippen molar-refractivity contribution in [2.24, 2.45) is 5.92 Å². The van der Waals surface area contributed by atoms with E-state index in [-0.39, 0.29) is 17.4 Å². The summed E-state index contributed by atoms with van der Waals surface area (Å²) in [6, 6.07) is 13.3. The van der Waals surface area contributed by atoms with Crippen LogP contribution in [0.15, 0.2) is 54.9 Å². The first-order chi connectivity index (χ1) is 15.1. The molecule has 2 fully saturated rings. The minimum atomic E-state index is -0.716. The number of aromatic nitrogens is 3. The minimum absolute atomic E-state index is 0.0448. The topological polar surface area (TPSA) is 97.2 Å². The van der Waals surface area contributed by atoms with Crippen LogP contribution < -0.4 is 5.48 Å². The van der Waals surface area contributed by atoms with Crippen LogP contribution >= 0.6 is 0 Å². The van der Waals surface area contributed by atoms with Crippen LogP contribution in [0.25, 0.3) is 22.5 Å². The number of amides is 1. The molecule has 2 aliphatic rings. The number of rotatable bonds is 4. The highest BCUT2D eigenvalue weighted by Crippen LogP contribution is 2.55. The number of pyridine rings is 1. The lowest BCUT2D eigenvalue weighted by molar-refractivity contribution is -0.101. The van der Waals surface area contributed by atoms with Gasteiger partial charge >= 0.3 is 0 Å². The molecular weight excluding hydrogens is 392 g/mol. The Morgan fingerprint density at radius 3 is 2.52 bits per heavy atom. The van der Waals surface area contributed by atoms with Crippen LogP contribution in [0, 0.1) is 5.92 Å². The Kier molecular flexibility index (Phi) is 5.00. The van der Waals surface area contributed by atoms with E-state index in [1.165, 1.54) is 0 Å². The van der Waals surface area contributed by atoms with Gasteiger partial charge in [0, 0.05) is 23.5 Å². The van der Waals surface area contributed by atoms with E-state index >= 15 is 0 Å². The van der Waals surface area contributed by atoms with Gasteiger partial charge in [0.1, 0.15) is 11.8 Å². The molecule has 2 atom stereocenters. The molecule has 1 saturated heterocycles. The van der Waals surface area contributed by atoms with Crippen LogP contribution in [-0.2, 0) is 4.74 Å². The van der Waals surface area contributed by atoms with Crippen molar-refractivity contribution in [3.63, 3.8) is 0 Å². The second-order valence-electron chi connectivity index (χ2n) is 8.35. The number of hydrogen-bond acceptors (Lipinski definition) is 6. The predicted molar refractivity (Wildman–Crippen MR) is 114 cm³/mol. The van der Waals surface area contributed by atoms with E-state index in [2.05, 4.69) is 11.9 Å². The minimum Gasteiger partial charge on any atom is -0.365 e. The number of benzene rings is 1. The number of carbonyl (C=O) groups is 1. The number of carbonyl (C=O) groups excluding carboxylic acids is 1. The van der Waals surface area contributed by atoms with Crippen molar-refractivity contribution in [1.82, 2.24) is 20.4 Å². The Hall–Kier alpha value is -3.16. The quantitative estimate of drug-likeness (QED) is 0.485. The van der Waals surface area contributed by atoms with E-state index in [1.807, 2.05) is 36.4 Å². The first-order valence-electron chi connectivity index (χ1n) is 10.6. The third kappa shape index (κ3) is 3.60. The molecule has 0 radical (unpaired) electrons. The molecule has 1 aliphatic carbocycles. The first-order valence-corrected chi connectivity index (χ1v) is 10.6. The Morgan fingerprint density at radius 1 is 1.06 bits per heavy atom. The van der Waals surface area contributed by atoms with Crippen LogP contribution in [0.1, 0.15) is 54.9 Å². The van der Waals surface area contributed by atoms with Gasteiger partial charge in [0.05, 0.1) is 17.0 Å². The highest BCUT2D eigenvalue weighted by atomic mass is 16.5. The lowest BCUT2D eigenvalue weighted by atomic mass is 9.89. The van der Waals surface area contributed by atoms with Gasteiger partial charge in [-0.05, 0) is 43.7 Å². The van der Waals surface area contributed by atoms with Gasteiger partial charge in [-0.15, -0.1) is 0 Å². The summed E-state index contributed by atoms with van der Waals surface area (Å²) in [6.45, 7) is 2.25. The largest absolute Gasteiger partial charge is 0.365 e. The molecule has 7 nitrogen and oxygen atoms in total. The van der Waals surface area contributed by atoms with E-state index in [0.717, 1.165) is 36.9 Å². The van der Waals surface area contributed by atoms with E-state index < -0.39 is 5.91 Å². The summed E-state index contributed by atoms with van der Waals surface area (Å²) in [5.41, 5.74) is 4.89. The van der Waals surface area contributed by atoms with E-state index in [1.54, 1.807) is 23.9 Å². The van der Waals surface area contributed by atoms with E-state index in [4.69, 9.17) is 14.7 Å². The standard InChI is InChI=1S/C24H24N4O3/c1-15-9-10-18(31-24(15)11-12-24)21-19(16-6-3-2-4-7-16)27-22(23(29)28-30)20(26-21)17-8-5-13-25-14-17/h2-8,13-15,18,30H,9-12H2,1H3,(H,28,29). The van der Waals surface area contributed by atoms with Gasteiger partial charge < -0.3 is 4.74 Å². The molecule has 2 unspecified atom stereocenters. The molecule has 1 saturated carbocycles. The van der Waals surface area contributed by atoms with E-state index in [0.29, 0.717) is 22.9 Å². The predicted octanol–water partition coefficient (Wildman–Crippen LogP) is 4.34. The van der Waals surface area contributed by atoms with Gasteiger partial charge in [0.15, 0.2) is 5.69 Å². The Morgan fingerprint density at radius 2 is 1.84 bits per heavy atom. The van der Waals surface area contributed by atoms with Crippen LogP contribution in [-0.4, -0.2) is 31.7 Å². The fourth-order valence-corrected chi connectivity index (χ4v) is 4.45.